The Labute approximate surface area is 180 Å². The highest BCUT2D eigenvalue weighted by Gasteiger charge is 2.35. The highest BCUT2D eigenvalue weighted by atomic mass is 32.2. The molecule has 1 aromatic heterocycles. The highest BCUT2D eigenvalue weighted by Crippen LogP contribution is 2.41. The standard InChI is InChI=1S/C21H25FN4O4S/c1-21(2)10-26-19(30-11-21)16(9-23-26)31(28,29)25-20(27)24-18-14-7-3-5-12(14)17(22)13-6-4-8-15(13)18/h9H,3-8,10-11H2,1-2H3,(H2,24,25,27). The van der Waals surface area contributed by atoms with Crippen LogP contribution in [0.15, 0.2) is 11.1 Å². The van der Waals surface area contributed by atoms with Crippen LogP contribution in [0.3, 0.4) is 0 Å². The first-order chi connectivity index (χ1) is 14.7. The van der Waals surface area contributed by atoms with Crippen molar-refractivity contribution in [1.82, 2.24) is 14.5 Å². The van der Waals surface area contributed by atoms with Gasteiger partial charge in [-0.1, -0.05) is 13.8 Å². The molecule has 2 aliphatic carbocycles. The molecule has 0 atom stereocenters. The fourth-order valence-corrected chi connectivity index (χ4v) is 5.85. The zero-order valence-electron chi connectivity index (χ0n) is 17.5. The van der Waals surface area contributed by atoms with Gasteiger partial charge in [-0.25, -0.2) is 27.0 Å². The number of urea groups is 1. The Bertz CT molecular complexity index is 1170. The van der Waals surface area contributed by atoms with Gasteiger partial charge >= 0.3 is 6.03 Å². The average Bonchev–Trinajstić information content (AvgIpc) is 3.42. The number of ether oxygens (including phenoxy) is 1. The number of nitrogens with one attached hydrogen (secondary N) is 2. The predicted octanol–water partition coefficient (Wildman–Crippen LogP) is 2.93. The minimum absolute atomic E-state index is 0.128. The van der Waals surface area contributed by atoms with Crippen LogP contribution in [0.2, 0.25) is 0 Å². The lowest BCUT2D eigenvalue weighted by molar-refractivity contribution is 0.0970. The molecule has 1 aromatic carbocycles. The molecule has 0 fully saturated rings. The van der Waals surface area contributed by atoms with E-state index in [1.54, 1.807) is 0 Å². The summed E-state index contributed by atoms with van der Waals surface area (Å²) >= 11 is 0. The molecule has 1 aliphatic heterocycles. The number of amides is 2. The van der Waals surface area contributed by atoms with Crippen molar-refractivity contribution in [3.05, 3.63) is 34.3 Å². The molecule has 3 aliphatic rings. The quantitative estimate of drug-likeness (QED) is 0.752. The minimum atomic E-state index is -4.20. The van der Waals surface area contributed by atoms with Crippen molar-refractivity contribution in [3.63, 3.8) is 0 Å². The maximum Gasteiger partial charge on any atom is 0.333 e. The largest absolute Gasteiger partial charge is 0.476 e. The number of rotatable bonds is 3. The van der Waals surface area contributed by atoms with E-state index < -0.39 is 16.1 Å². The summed E-state index contributed by atoms with van der Waals surface area (Å²) in [6.07, 6.45) is 5.45. The number of anilines is 1. The van der Waals surface area contributed by atoms with E-state index in [4.69, 9.17) is 4.74 Å². The van der Waals surface area contributed by atoms with Crippen molar-refractivity contribution in [2.75, 3.05) is 11.9 Å². The van der Waals surface area contributed by atoms with E-state index in [1.165, 1.54) is 10.9 Å². The number of hydrogen-bond acceptors (Lipinski definition) is 5. The van der Waals surface area contributed by atoms with Gasteiger partial charge in [0.1, 0.15) is 5.82 Å². The lowest BCUT2D eigenvalue weighted by atomic mass is 9.94. The summed E-state index contributed by atoms with van der Waals surface area (Å²) in [4.78, 5) is 12.5. The van der Waals surface area contributed by atoms with Gasteiger partial charge in [0, 0.05) is 11.1 Å². The Balaban J connectivity index is 1.41. The Morgan fingerprint density at radius 2 is 1.74 bits per heavy atom. The van der Waals surface area contributed by atoms with E-state index in [1.807, 2.05) is 13.8 Å². The van der Waals surface area contributed by atoms with Crippen LogP contribution >= 0.6 is 0 Å². The SMILES string of the molecule is CC1(C)COc2c(S(=O)(=O)NC(=O)Nc3c4c(c(F)c5c3CCC5)CCC4)cnn2C1. The van der Waals surface area contributed by atoms with Crippen LogP contribution in [0.5, 0.6) is 5.88 Å². The number of carbonyl (C=O) groups excluding carboxylic acids is 1. The Morgan fingerprint density at radius 3 is 2.39 bits per heavy atom. The summed E-state index contributed by atoms with van der Waals surface area (Å²) in [7, 11) is -4.20. The second-order valence-corrected chi connectivity index (χ2v) is 10.9. The summed E-state index contributed by atoms with van der Waals surface area (Å²) in [6, 6.07) is -0.870. The molecule has 8 nitrogen and oxygen atoms in total. The molecule has 2 amide bonds. The van der Waals surface area contributed by atoms with Crippen LogP contribution < -0.4 is 14.8 Å². The Kier molecular flexibility index (Phi) is 4.55. The molecule has 0 radical (unpaired) electrons. The molecular formula is C21H25FN4O4S. The third-order valence-corrected chi connectivity index (χ3v) is 7.57. The van der Waals surface area contributed by atoms with Gasteiger partial charge in [0.2, 0.25) is 5.88 Å². The average molecular weight is 449 g/mol. The molecule has 2 N–H and O–H groups in total. The van der Waals surface area contributed by atoms with E-state index >= 15 is 0 Å². The van der Waals surface area contributed by atoms with Gasteiger partial charge < -0.3 is 10.1 Å². The Morgan fingerprint density at radius 1 is 1.13 bits per heavy atom. The molecule has 2 heterocycles. The van der Waals surface area contributed by atoms with Crippen LogP contribution in [0, 0.1) is 11.2 Å². The summed E-state index contributed by atoms with van der Waals surface area (Å²) < 4.78 is 49.8. The molecule has 31 heavy (non-hydrogen) atoms. The molecule has 5 rings (SSSR count). The van der Waals surface area contributed by atoms with Gasteiger partial charge in [-0.3, -0.25) is 0 Å². The van der Waals surface area contributed by atoms with Crippen molar-refractivity contribution in [3.8, 4) is 5.88 Å². The van der Waals surface area contributed by atoms with Gasteiger partial charge in [-0.15, -0.1) is 0 Å². The molecular weight excluding hydrogens is 423 g/mol. The lowest BCUT2D eigenvalue weighted by Crippen LogP contribution is -2.36. The predicted molar refractivity (Wildman–Crippen MR) is 111 cm³/mol. The number of fused-ring (bicyclic) bond motifs is 3. The molecule has 166 valence electrons. The fraction of sp³-hybridized carbons (Fsp3) is 0.524. The molecule has 0 unspecified atom stereocenters. The van der Waals surface area contributed by atoms with Gasteiger partial charge in [-0.2, -0.15) is 5.10 Å². The van der Waals surface area contributed by atoms with E-state index in [-0.39, 0.29) is 22.0 Å². The van der Waals surface area contributed by atoms with Gasteiger partial charge in [0.25, 0.3) is 10.0 Å². The summed E-state index contributed by atoms with van der Waals surface area (Å²) in [5.41, 5.74) is 3.29. The van der Waals surface area contributed by atoms with Crippen molar-refractivity contribution in [1.29, 1.82) is 0 Å². The number of sulfonamides is 1. The first kappa shape index (κ1) is 20.3. The number of nitrogens with zero attached hydrogens (tertiary/aromatic N) is 2. The van der Waals surface area contributed by atoms with Crippen LogP contribution in [0.1, 0.15) is 48.9 Å². The zero-order chi connectivity index (χ0) is 22.0. The minimum Gasteiger partial charge on any atom is -0.476 e. The third-order valence-electron chi connectivity index (χ3n) is 6.26. The third kappa shape index (κ3) is 3.37. The summed E-state index contributed by atoms with van der Waals surface area (Å²) in [5.74, 6) is -0.0200. The van der Waals surface area contributed by atoms with Crippen LogP contribution in [0.4, 0.5) is 14.9 Å². The number of carbonyl (C=O) groups is 1. The van der Waals surface area contributed by atoms with Crippen LogP contribution in [-0.2, 0) is 42.3 Å². The van der Waals surface area contributed by atoms with Gasteiger partial charge in [-0.05, 0) is 60.8 Å². The lowest BCUT2D eigenvalue weighted by Gasteiger charge is -2.30. The molecule has 0 spiro atoms. The Hall–Kier alpha value is -2.62. The smallest absolute Gasteiger partial charge is 0.333 e. The number of benzene rings is 1. The van der Waals surface area contributed by atoms with Crippen LogP contribution in [-0.4, -0.2) is 30.8 Å². The first-order valence-corrected chi connectivity index (χ1v) is 12.0. The van der Waals surface area contributed by atoms with Gasteiger partial charge in [0.05, 0.1) is 19.3 Å². The highest BCUT2D eigenvalue weighted by molar-refractivity contribution is 7.90. The molecule has 0 saturated heterocycles. The number of halogens is 1. The second kappa shape index (κ2) is 6.94. The molecule has 2 aromatic rings. The second-order valence-electron chi connectivity index (χ2n) is 9.29. The van der Waals surface area contributed by atoms with Crippen LogP contribution in [0.25, 0.3) is 0 Å². The van der Waals surface area contributed by atoms with Crippen molar-refractivity contribution >= 4 is 21.7 Å². The number of hydrogen-bond donors (Lipinski definition) is 2. The summed E-state index contributed by atoms with van der Waals surface area (Å²) in [5, 5.41) is 6.83. The maximum absolute atomic E-state index is 14.8. The van der Waals surface area contributed by atoms with Crippen molar-refractivity contribution in [2.45, 2.75) is 63.8 Å². The van der Waals surface area contributed by atoms with E-state index in [0.717, 1.165) is 24.0 Å². The molecule has 10 heteroatoms. The molecule has 0 saturated carbocycles. The normalized spacial score (nSPS) is 18.7. The maximum atomic E-state index is 14.8. The first-order valence-electron chi connectivity index (χ1n) is 10.5. The topological polar surface area (TPSA) is 102 Å². The van der Waals surface area contributed by atoms with Crippen molar-refractivity contribution < 1.29 is 22.3 Å². The summed E-state index contributed by atoms with van der Waals surface area (Å²) in [6.45, 7) is 4.85. The van der Waals surface area contributed by atoms with E-state index in [9.17, 15) is 17.6 Å². The zero-order valence-corrected chi connectivity index (χ0v) is 18.4. The van der Waals surface area contributed by atoms with Crippen molar-refractivity contribution in [2.24, 2.45) is 5.41 Å². The van der Waals surface area contributed by atoms with E-state index in [0.29, 0.717) is 55.6 Å². The van der Waals surface area contributed by atoms with E-state index in [2.05, 4.69) is 15.1 Å². The van der Waals surface area contributed by atoms with Gasteiger partial charge in [0.15, 0.2) is 4.90 Å². The monoisotopic (exact) mass is 448 g/mol. The fourth-order valence-electron chi connectivity index (χ4n) is 4.87. The molecule has 0 bridgehead atoms. The number of aromatic nitrogens is 2.